The van der Waals surface area contributed by atoms with E-state index in [0.717, 1.165) is 23.7 Å². The van der Waals surface area contributed by atoms with Gasteiger partial charge in [-0.05, 0) is 12.1 Å². The summed E-state index contributed by atoms with van der Waals surface area (Å²) in [6, 6.07) is 1.91. The summed E-state index contributed by atoms with van der Waals surface area (Å²) in [5.41, 5.74) is 5.18. The highest BCUT2D eigenvalue weighted by Gasteiger charge is 2.17. The van der Waals surface area contributed by atoms with Crippen molar-refractivity contribution in [2.24, 2.45) is 0 Å². The van der Waals surface area contributed by atoms with Crippen molar-refractivity contribution in [2.45, 2.75) is 0 Å². The molecular formula is C8H4ClF2N3S. The maximum Gasteiger partial charge on any atom is 0.200 e. The minimum atomic E-state index is -0.721. The molecule has 0 bridgehead atoms. The third kappa shape index (κ3) is 1.78. The number of halogens is 3. The summed E-state index contributed by atoms with van der Waals surface area (Å²) >= 11 is 6.50. The lowest BCUT2D eigenvalue weighted by Gasteiger charge is -2.01. The molecule has 78 valence electrons. The van der Waals surface area contributed by atoms with Gasteiger partial charge in [0.05, 0.1) is 10.6 Å². The van der Waals surface area contributed by atoms with Crippen LogP contribution < -0.4 is 5.73 Å². The van der Waals surface area contributed by atoms with Crippen LogP contribution in [0.1, 0.15) is 0 Å². The molecular weight excluding hydrogens is 244 g/mol. The summed E-state index contributed by atoms with van der Waals surface area (Å²) in [5.74, 6) is -1.40. The third-order valence-electron chi connectivity index (χ3n) is 1.71. The van der Waals surface area contributed by atoms with Crippen LogP contribution in [0.3, 0.4) is 0 Å². The Hall–Kier alpha value is -1.27. The fourth-order valence-electron chi connectivity index (χ4n) is 1.07. The Morgan fingerprint density at radius 3 is 2.53 bits per heavy atom. The molecule has 0 radical (unpaired) electrons. The quantitative estimate of drug-likeness (QED) is 0.789. The van der Waals surface area contributed by atoms with Crippen molar-refractivity contribution in [3.8, 4) is 11.4 Å². The van der Waals surface area contributed by atoms with Crippen molar-refractivity contribution in [2.75, 3.05) is 5.73 Å². The van der Waals surface area contributed by atoms with Crippen molar-refractivity contribution in [1.82, 2.24) is 9.36 Å². The molecule has 2 rings (SSSR count). The normalized spacial score (nSPS) is 10.6. The van der Waals surface area contributed by atoms with Crippen LogP contribution in [0.2, 0.25) is 5.02 Å². The van der Waals surface area contributed by atoms with Gasteiger partial charge >= 0.3 is 0 Å². The molecule has 0 amide bonds. The smallest absolute Gasteiger partial charge is 0.200 e. The van der Waals surface area contributed by atoms with Gasteiger partial charge in [-0.1, -0.05) is 11.6 Å². The summed E-state index contributed by atoms with van der Waals surface area (Å²) in [5, 5.41) is -0.169. The van der Waals surface area contributed by atoms with E-state index in [9.17, 15) is 8.78 Å². The minimum absolute atomic E-state index is 0.000463. The standard InChI is InChI=1S/C8H4ClF2N3S/c9-6-4(11)2-1-3(10)5(6)7-13-8(12)15-14-7/h1-2H,(H2,12,13,14). The highest BCUT2D eigenvalue weighted by Crippen LogP contribution is 2.31. The number of aromatic nitrogens is 2. The van der Waals surface area contributed by atoms with E-state index in [1.807, 2.05) is 0 Å². The summed E-state index contributed by atoms with van der Waals surface area (Å²) in [6.45, 7) is 0. The van der Waals surface area contributed by atoms with Crippen molar-refractivity contribution in [3.63, 3.8) is 0 Å². The molecule has 3 nitrogen and oxygen atoms in total. The molecule has 1 aromatic carbocycles. The van der Waals surface area contributed by atoms with Crippen molar-refractivity contribution < 1.29 is 8.78 Å². The van der Waals surface area contributed by atoms with Crippen LogP contribution in [-0.4, -0.2) is 9.36 Å². The number of nitrogens with zero attached hydrogens (tertiary/aromatic N) is 2. The Morgan fingerprint density at radius 2 is 1.93 bits per heavy atom. The number of hydrogen-bond acceptors (Lipinski definition) is 4. The van der Waals surface area contributed by atoms with E-state index >= 15 is 0 Å². The molecule has 1 heterocycles. The second-order valence-electron chi connectivity index (χ2n) is 2.67. The zero-order chi connectivity index (χ0) is 11.0. The molecule has 0 spiro atoms. The van der Waals surface area contributed by atoms with Crippen LogP contribution in [0.5, 0.6) is 0 Å². The van der Waals surface area contributed by atoms with E-state index in [1.54, 1.807) is 0 Å². The molecule has 0 aliphatic heterocycles. The van der Waals surface area contributed by atoms with E-state index in [2.05, 4.69) is 9.36 Å². The SMILES string of the molecule is Nc1nc(-c2c(F)ccc(F)c2Cl)ns1. The molecule has 0 atom stereocenters. The van der Waals surface area contributed by atoms with Gasteiger partial charge in [0, 0.05) is 11.5 Å². The van der Waals surface area contributed by atoms with Crippen LogP contribution in [-0.2, 0) is 0 Å². The minimum Gasteiger partial charge on any atom is -0.374 e. The first kappa shape index (κ1) is 10.3. The van der Waals surface area contributed by atoms with E-state index in [1.165, 1.54) is 0 Å². The Morgan fingerprint density at radius 1 is 1.27 bits per heavy atom. The van der Waals surface area contributed by atoms with Gasteiger partial charge in [-0.25, -0.2) is 8.78 Å². The van der Waals surface area contributed by atoms with Gasteiger partial charge in [-0.3, -0.25) is 0 Å². The molecule has 0 aliphatic rings. The first-order valence-corrected chi connectivity index (χ1v) is 4.98. The zero-order valence-electron chi connectivity index (χ0n) is 7.17. The van der Waals surface area contributed by atoms with Crippen LogP contribution in [0, 0.1) is 11.6 Å². The van der Waals surface area contributed by atoms with E-state index in [-0.39, 0.29) is 21.5 Å². The fourth-order valence-corrected chi connectivity index (χ4v) is 1.75. The molecule has 0 unspecified atom stereocenters. The predicted molar refractivity (Wildman–Crippen MR) is 54.7 cm³/mol. The van der Waals surface area contributed by atoms with Crippen LogP contribution >= 0.6 is 23.1 Å². The molecule has 0 fully saturated rings. The Labute approximate surface area is 92.7 Å². The summed E-state index contributed by atoms with van der Waals surface area (Å²) in [7, 11) is 0. The third-order valence-corrected chi connectivity index (χ3v) is 2.62. The van der Waals surface area contributed by atoms with Gasteiger partial charge in [0.25, 0.3) is 0 Å². The van der Waals surface area contributed by atoms with Gasteiger partial charge in [0.15, 0.2) is 11.0 Å². The Kier molecular flexibility index (Phi) is 2.54. The zero-order valence-corrected chi connectivity index (χ0v) is 8.74. The average Bonchev–Trinajstić information content (AvgIpc) is 2.59. The first-order chi connectivity index (χ1) is 7.09. The molecule has 2 N–H and O–H groups in total. The first-order valence-electron chi connectivity index (χ1n) is 3.82. The summed E-state index contributed by atoms with van der Waals surface area (Å²) in [4.78, 5) is 3.74. The topological polar surface area (TPSA) is 51.8 Å². The van der Waals surface area contributed by atoms with Crippen molar-refractivity contribution in [1.29, 1.82) is 0 Å². The Bertz CT molecular complexity index is 515. The number of nitrogen functional groups attached to an aromatic ring is 1. The molecule has 0 saturated carbocycles. The maximum atomic E-state index is 13.4. The van der Waals surface area contributed by atoms with Gasteiger partial charge in [-0.15, -0.1) is 0 Å². The van der Waals surface area contributed by atoms with Gasteiger partial charge in [0.1, 0.15) is 11.6 Å². The Balaban J connectivity index is 2.66. The van der Waals surface area contributed by atoms with Gasteiger partial charge in [0.2, 0.25) is 0 Å². The second kappa shape index (κ2) is 3.71. The van der Waals surface area contributed by atoms with Crippen molar-refractivity contribution in [3.05, 3.63) is 28.8 Å². The maximum absolute atomic E-state index is 13.4. The largest absolute Gasteiger partial charge is 0.374 e. The highest BCUT2D eigenvalue weighted by atomic mass is 35.5. The number of nitrogens with two attached hydrogens (primary N) is 1. The number of rotatable bonds is 1. The number of benzene rings is 1. The van der Waals surface area contributed by atoms with Crippen molar-refractivity contribution >= 4 is 28.3 Å². The van der Waals surface area contributed by atoms with E-state index < -0.39 is 11.6 Å². The average molecular weight is 248 g/mol. The monoisotopic (exact) mass is 247 g/mol. The summed E-state index contributed by atoms with van der Waals surface area (Å²) < 4.78 is 30.2. The number of anilines is 1. The van der Waals surface area contributed by atoms with Crippen LogP contribution in [0.25, 0.3) is 11.4 Å². The molecule has 0 saturated heterocycles. The van der Waals surface area contributed by atoms with Gasteiger partial charge < -0.3 is 5.73 Å². The van der Waals surface area contributed by atoms with Gasteiger partial charge in [-0.2, -0.15) is 9.36 Å². The molecule has 15 heavy (non-hydrogen) atoms. The lowest BCUT2D eigenvalue weighted by atomic mass is 10.2. The summed E-state index contributed by atoms with van der Waals surface area (Å²) in [6.07, 6.45) is 0. The van der Waals surface area contributed by atoms with E-state index in [0.29, 0.717) is 0 Å². The lowest BCUT2D eigenvalue weighted by Crippen LogP contribution is -1.91. The lowest BCUT2D eigenvalue weighted by molar-refractivity contribution is 0.602. The highest BCUT2D eigenvalue weighted by molar-refractivity contribution is 7.09. The fraction of sp³-hybridized carbons (Fsp3) is 0. The molecule has 2 aromatic rings. The van der Waals surface area contributed by atoms with Crippen LogP contribution in [0.4, 0.5) is 13.9 Å². The number of hydrogen-bond donors (Lipinski definition) is 1. The molecule has 7 heteroatoms. The predicted octanol–water partition coefficient (Wildman–Crippen LogP) is 2.72. The second-order valence-corrected chi connectivity index (χ2v) is 3.84. The molecule has 1 aromatic heterocycles. The van der Waals surface area contributed by atoms with E-state index in [4.69, 9.17) is 17.3 Å². The molecule has 0 aliphatic carbocycles. The van der Waals surface area contributed by atoms with Crippen LogP contribution in [0.15, 0.2) is 12.1 Å².